The van der Waals surface area contributed by atoms with Gasteiger partial charge >= 0.3 is 23.9 Å². The van der Waals surface area contributed by atoms with E-state index in [4.69, 9.17) is 4.74 Å². The summed E-state index contributed by atoms with van der Waals surface area (Å²) in [4.78, 5) is 46.8. The van der Waals surface area contributed by atoms with Crippen molar-refractivity contribution < 1.29 is 38.1 Å². The van der Waals surface area contributed by atoms with Gasteiger partial charge in [-0.15, -0.1) is 0 Å². The zero-order chi connectivity index (χ0) is 17.1. The van der Waals surface area contributed by atoms with Crippen LogP contribution in [0.25, 0.3) is 0 Å². The van der Waals surface area contributed by atoms with E-state index in [1.807, 2.05) is 0 Å². The lowest BCUT2D eigenvalue weighted by Gasteiger charge is -2.22. The van der Waals surface area contributed by atoms with Gasteiger partial charge in [0.05, 0.1) is 46.0 Å². The fourth-order valence-corrected chi connectivity index (χ4v) is 1.70. The van der Waals surface area contributed by atoms with E-state index < -0.39 is 48.6 Å². The average molecular weight is 316 g/mol. The third kappa shape index (κ3) is 6.38. The molecule has 0 amide bonds. The molecule has 2 atom stereocenters. The molecule has 22 heavy (non-hydrogen) atoms. The lowest BCUT2D eigenvalue weighted by molar-refractivity contribution is -0.164. The zero-order valence-corrected chi connectivity index (χ0v) is 12.8. The molecule has 0 bridgehead atoms. The second-order valence-corrected chi connectivity index (χ2v) is 4.22. The highest BCUT2D eigenvalue weighted by molar-refractivity contribution is 5.88. The maximum absolute atomic E-state index is 12.0. The van der Waals surface area contributed by atoms with Crippen LogP contribution >= 0.6 is 0 Å². The lowest BCUT2D eigenvalue weighted by Crippen LogP contribution is -2.35. The third-order valence-corrected chi connectivity index (χ3v) is 2.86. The van der Waals surface area contributed by atoms with E-state index in [9.17, 15) is 19.2 Å². The van der Waals surface area contributed by atoms with Crippen LogP contribution in [-0.2, 0) is 38.1 Å². The molecule has 0 aliphatic rings. The number of hydrogen-bond donors (Lipinski definition) is 0. The summed E-state index contributed by atoms with van der Waals surface area (Å²) in [6.45, 7) is 3.30. The van der Waals surface area contributed by atoms with Crippen molar-refractivity contribution in [1.82, 2.24) is 0 Å². The molecule has 0 fully saturated rings. The second kappa shape index (κ2) is 10.4. The summed E-state index contributed by atoms with van der Waals surface area (Å²) in [7, 11) is 3.39. The van der Waals surface area contributed by atoms with Crippen molar-refractivity contribution in [2.45, 2.75) is 12.8 Å². The monoisotopic (exact) mass is 316 g/mol. The Morgan fingerprint density at radius 3 is 1.68 bits per heavy atom. The topological polar surface area (TPSA) is 105 Å². The van der Waals surface area contributed by atoms with Crippen LogP contribution in [0.3, 0.4) is 0 Å². The van der Waals surface area contributed by atoms with E-state index in [0.29, 0.717) is 0 Å². The highest BCUT2D eigenvalue weighted by Gasteiger charge is 2.39. The molecule has 0 radical (unpaired) electrons. The SMILES string of the molecule is C=CCOC(=O)C(CC(=O)OC)C(CC(=O)OC)C(=O)OC. The van der Waals surface area contributed by atoms with Gasteiger partial charge in [0.25, 0.3) is 0 Å². The van der Waals surface area contributed by atoms with Gasteiger partial charge in [-0.25, -0.2) is 0 Å². The largest absolute Gasteiger partial charge is 0.469 e. The molecule has 0 aromatic rings. The number of hydrogen-bond acceptors (Lipinski definition) is 8. The minimum absolute atomic E-state index is 0.0946. The summed E-state index contributed by atoms with van der Waals surface area (Å²) in [5.74, 6) is -5.53. The molecule has 0 spiro atoms. The van der Waals surface area contributed by atoms with E-state index in [0.717, 1.165) is 21.3 Å². The molecule has 8 heteroatoms. The van der Waals surface area contributed by atoms with Gasteiger partial charge in [0.1, 0.15) is 6.61 Å². The number of carbonyl (C=O) groups is 4. The highest BCUT2D eigenvalue weighted by Crippen LogP contribution is 2.24. The van der Waals surface area contributed by atoms with Crippen molar-refractivity contribution in [3.8, 4) is 0 Å². The first-order valence-electron chi connectivity index (χ1n) is 6.40. The van der Waals surface area contributed by atoms with Crippen LogP contribution in [0.15, 0.2) is 12.7 Å². The van der Waals surface area contributed by atoms with Crippen LogP contribution in [0.1, 0.15) is 12.8 Å². The Balaban J connectivity index is 5.35. The first-order valence-corrected chi connectivity index (χ1v) is 6.40. The fraction of sp³-hybridized carbons (Fsp3) is 0.571. The van der Waals surface area contributed by atoms with Crippen LogP contribution in [0.4, 0.5) is 0 Å². The Kier molecular flexibility index (Phi) is 9.24. The minimum Gasteiger partial charge on any atom is -0.469 e. The van der Waals surface area contributed by atoms with Gasteiger partial charge in [0, 0.05) is 0 Å². The Morgan fingerprint density at radius 2 is 1.32 bits per heavy atom. The number of rotatable bonds is 9. The van der Waals surface area contributed by atoms with Gasteiger partial charge in [0.2, 0.25) is 0 Å². The second-order valence-electron chi connectivity index (χ2n) is 4.22. The van der Waals surface area contributed by atoms with Crippen LogP contribution in [-0.4, -0.2) is 51.8 Å². The van der Waals surface area contributed by atoms with Crippen LogP contribution in [0, 0.1) is 11.8 Å². The van der Waals surface area contributed by atoms with Crippen LogP contribution in [0.2, 0.25) is 0 Å². The van der Waals surface area contributed by atoms with E-state index in [1.165, 1.54) is 6.08 Å². The predicted octanol–water partition coefficient (Wildman–Crippen LogP) is 0.247. The summed E-state index contributed by atoms with van der Waals surface area (Å²) < 4.78 is 18.4. The molecule has 0 rings (SSSR count). The van der Waals surface area contributed by atoms with E-state index in [-0.39, 0.29) is 6.61 Å². The van der Waals surface area contributed by atoms with Crippen LogP contribution in [0.5, 0.6) is 0 Å². The molecule has 0 aromatic heterocycles. The molecule has 124 valence electrons. The molecule has 0 N–H and O–H groups in total. The summed E-state index contributed by atoms with van der Waals surface area (Å²) in [6.07, 6.45) is 0.484. The normalized spacial score (nSPS) is 12.5. The molecule has 0 aliphatic heterocycles. The predicted molar refractivity (Wildman–Crippen MR) is 73.4 cm³/mol. The fourth-order valence-electron chi connectivity index (χ4n) is 1.70. The van der Waals surface area contributed by atoms with Crippen molar-refractivity contribution in [1.29, 1.82) is 0 Å². The maximum Gasteiger partial charge on any atom is 0.310 e. The lowest BCUT2D eigenvalue weighted by atomic mass is 9.86. The zero-order valence-electron chi connectivity index (χ0n) is 12.8. The van der Waals surface area contributed by atoms with Gasteiger partial charge in [-0.1, -0.05) is 12.7 Å². The first-order chi connectivity index (χ1) is 10.4. The van der Waals surface area contributed by atoms with Crippen LogP contribution < -0.4 is 0 Å². The third-order valence-electron chi connectivity index (χ3n) is 2.86. The Hall–Kier alpha value is -2.38. The smallest absolute Gasteiger partial charge is 0.310 e. The van der Waals surface area contributed by atoms with E-state index in [2.05, 4.69) is 20.8 Å². The van der Waals surface area contributed by atoms with Gasteiger partial charge in [-0.05, 0) is 0 Å². The maximum atomic E-state index is 12.0. The van der Waals surface area contributed by atoms with Gasteiger partial charge in [-0.3, -0.25) is 19.2 Å². The number of ether oxygens (including phenoxy) is 4. The minimum atomic E-state index is -1.22. The molecular formula is C14H20O8. The van der Waals surface area contributed by atoms with E-state index >= 15 is 0 Å². The Labute approximate surface area is 128 Å². The Bertz CT molecular complexity index is 429. The summed E-state index contributed by atoms with van der Waals surface area (Å²) in [5, 5.41) is 0. The standard InChI is InChI=1S/C14H20O8/c1-5-6-22-14(18)10(8-12(16)20-3)9(13(17)21-4)7-11(15)19-2/h5,9-10H,1,6-8H2,2-4H3. The summed E-state index contributed by atoms with van der Waals surface area (Å²) >= 11 is 0. The number of esters is 4. The summed E-state index contributed by atoms with van der Waals surface area (Å²) in [5.41, 5.74) is 0. The van der Waals surface area contributed by atoms with Crippen molar-refractivity contribution in [2.75, 3.05) is 27.9 Å². The molecule has 0 aliphatic carbocycles. The molecule has 0 saturated heterocycles. The van der Waals surface area contributed by atoms with Crippen molar-refractivity contribution in [3.05, 3.63) is 12.7 Å². The summed E-state index contributed by atoms with van der Waals surface area (Å²) in [6, 6.07) is 0. The Morgan fingerprint density at radius 1 is 0.864 bits per heavy atom. The van der Waals surface area contributed by atoms with Crippen molar-refractivity contribution in [2.24, 2.45) is 11.8 Å². The number of methoxy groups -OCH3 is 3. The molecule has 0 saturated carbocycles. The van der Waals surface area contributed by atoms with Crippen molar-refractivity contribution >= 4 is 23.9 Å². The number of carbonyl (C=O) groups excluding carboxylic acids is 4. The van der Waals surface area contributed by atoms with Gasteiger partial charge < -0.3 is 18.9 Å². The quantitative estimate of drug-likeness (QED) is 0.338. The molecule has 8 nitrogen and oxygen atoms in total. The van der Waals surface area contributed by atoms with Gasteiger partial charge in [-0.2, -0.15) is 0 Å². The van der Waals surface area contributed by atoms with Gasteiger partial charge in [0.15, 0.2) is 0 Å². The molecule has 2 unspecified atom stereocenters. The van der Waals surface area contributed by atoms with E-state index in [1.54, 1.807) is 0 Å². The van der Waals surface area contributed by atoms with Crippen molar-refractivity contribution in [3.63, 3.8) is 0 Å². The molecule has 0 aromatic carbocycles. The average Bonchev–Trinajstić information content (AvgIpc) is 2.54. The molecular weight excluding hydrogens is 296 g/mol. The highest BCUT2D eigenvalue weighted by atomic mass is 16.5. The first kappa shape index (κ1) is 19.6. The molecule has 0 heterocycles.